The summed E-state index contributed by atoms with van der Waals surface area (Å²) in [6, 6.07) is 8.76. The SMILES string of the molecule is [B]n1cc([B]C(=O)Oc2ccccc2)nn1. The summed E-state index contributed by atoms with van der Waals surface area (Å²) in [5, 5.41) is 7.11. The van der Waals surface area contributed by atoms with Crippen LogP contribution >= 0.6 is 0 Å². The number of ether oxygens (including phenoxy) is 1. The van der Waals surface area contributed by atoms with Crippen molar-refractivity contribution >= 4 is 26.7 Å². The molecule has 0 saturated heterocycles. The fourth-order valence-electron chi connectivity index (χ4n) is 1.11. The van der Waals surface area contributed by atoms with Gasteiger partial charge in [0.25, 0.3) is 13.8 Å². The Balaban J connectivity index is 1.95. The van der Waals surface area contributed by atoms with E-state index >= 15 is 0 Å². The number of carbonyl (C=O) groups excluding carboxylic acids is 1. The van der Waals surface area contributed by atoms with Crippen molar-refractivity contribution in [2.45, 2.75) is 0 Å². The first kappa shape index (κ1) is 10.5. The lowest BCUT2D eigenvalue weighted by atomic mass is 9.75. The average molecular weight is 210 g/mol. The van der Waals surface area contributed by atoms with Gasteiger partial charge in [0.15, 0.2) is 0 Å². The molecule has 0 aliphatic heterocycles. The Bertz CT molecular complexity index is 487. The van der Waals surface area contributed by atoms with E-state index in [0.717, 1.165) is 4.59 Å². The molecular weight excluding hydrogens is 204 g/mol. The Morgan fingerprint density at radius 3 is 2.75 bits per heavy atom. The predicted octanol–water partition coefficient (Wildman–Crippen LogP) is -0.262. The van der Waals surface area contributed by atoms with Gasteiger partial charge in [0.2, 0.25) is 0 Å². The summed E-state index contributed by atoms with van der Waals surface area (Å²) < 4.78 is 6.03. The Morgan fingerprint density at radius 2 is 2.12 bits per heavy atom. The zero-order valence-electron chi connectivity index (χ0n) is 8.28. The summed E-state index contributed by atoms with van der Waals surface area (Å²) >= 11 is 0. The van der Waals surface area contributed by atoms with Crippen LogP contribution in [0, 0.1) is 0 Å². The third-order valence-corrected chi connectivity index (χ3v) is 1.76. The topological polar surface area (TPSA) is 57.0 Å². The third kappa shape index (κ3) is 2.73. The van der Waals surface area contributed by atoms with Gasteiger partial charge < -0.3 is 9.33 Å². The number of hydrogen-bond donors (Lipinski definition) is 0. The second-order valence-corrected chi connectivity index (χ2v) is 3.00. The smallest absolute Gasteiger partial charge is 0.329 e. The van der Waals surface area contributed by atoms with Gasteiger partial charge >= 0.3 is 7.28 Å². The molecule has 2 rings (SSSR count). The van der Waals surface area contributed by atoms with Gasteiger partial charge in [0.1, 0.15) is 5.75 Å². The van der Waals surface area contributed by atoms with E-state index in [9.17, 15) is 4.79 Å². The van der Waals surface area contributed by atoms with Gasteiger partial charge in [-0.3, -0.25) is 4.79 Å². The third-order valence-electron chi connectivity index (χ3n) is 1.76. The van der Waals surface area contributed by atoms with Crippen molar-refractivity contribution in [3.8, 4) is 5.75 Å². The zero-order chi connectivity index (χ0) is 11.4. The lowest BCUT2D eigenvalue weighted by molar-refractivity contribution is 0.225. The molecule has 0 aliphatic rings. The molecule has 0 atom stereocenters. The molecule has 1 heterocycles. The minimum Gasteiger partial charge on any atom is -0.435 e. The first-order chi connectivity index (χ1) is 7.74. The molecule has 5 nitrogen and oxygen atoms in total. The maximum absolute atomic E-state index is 11.4. The minimum absolute atomic E-state index is 0.350. The summed E-state index contributed by atoms with van der Waals surface area (Å²) in [4.78, 5) is 11.4. The molecule has 0 N–H and O–H groups in total. The van der Waals surface area contributed by atoms with Gasteiger partial charge in [0.05, 0.1) is 5.59 Å². The molecule has 1 aromatic heterocycles. The maximum Gasteiger partial charge on any atom is 0.329 e. The fraction of sp³-hybridized carbons (Fsp3) is 0. The number of benzene rings is 1. The van der Waals surface area contributed by atoms with Crippen LogP contribution in [0.1, 0.15) is 0 Å². The second kappa shape index (κ2) is 4.65. The molecule has 3 radical (unpaired) electrons. The second-order valence-electron chi connectivity index (χ2n) is 3.00. The number of aromatic nitrogens is 3. The number of nitrogens with zero attached hydrogens (tertiary/aromatic N) is 3. The van der Waals surface area contributed by atoms with Gasteiger partial charge in [-0.05, 0) is 12.1 Å². The first-order valence-corrected chi connectivity index (χ1v) is 4.53. The van der Waals surface area contributed by atoms with Gasteiger partial charge in [-0.2, -0.15) is 0 Å². The van der Waals surface area contributed by atoms with Crippen molar-refractivity contribution in [3.63, 3.8) is 0 Å². The van der Waals surface area contributed by atoms with Crippen LogP contribution in [-0.4, -0.2) is 36.0 Å². The van der Waals surface area contributed by atoms with Gasteiger partial charge in [-0.15, -0.1) is 5.10 Å². The summed E-state index contributed by atoms with van der Waals surface area (Å²) in [6.45, 7) is 0. The summed E-state index contributed by atoms with van der Waals surface area (Å²) in [6.07, 6.45) is 1.41. The normalized spacial score (nSPS) is 9.75. The fourth-order valence-corrected chi connectivity index (χ4v) is 1.11. The molecular formula is C9H6B2N3O2. The van der Waals surface area contributed by atoms with Crippen LogP contribution in [0.15, 0.2) is 36.5 Å². The van der Waals surface area contributed by atoms with Crippen molar-refractivity contribution in [2.24, 2.45) is 0 Å². The molecule has 7 heteroatoms. The van der Waals surface area contributed by atoms with Gasteiger partial charge in [-0.1, -0.05) is 23.4 Å². The van der Waals surface area contributed by atoms with Crippen LogP contribution < -0.4 is 10.3 Å². The molecule has 0 spiro atoms. The highest BCUT2D eigenvalue weighted by Gasteiger charge is 2.11. The molecule has 2 aromatic rings. The standard InChI is InChI=1S/C9H6B2N3O2/c10-14-6-8(12-13-14)11-9(15)16-7-4-2-1-3-5-7/h1-6H. The molecule has 0 fully saturated rings. The minimum atomic E-state index is -0.522. The quantitative estimate of drug-likeness (QED) is 0.654. The van der Waals surface area contributed by atoms with Crippen molar-refractivity contribution in [2.75, 3.05) is 0 Å². The highest BCUT2D eigenvalue weighted by atomic mass is 16.5. The highest BCUT2D eigenvalue weighted by Crippen LogP contribution is 2.08. The van der Waals surface area contributed by atoms with Crippen molar-refractivity contribution in [3.05, 3.63) is 36.5 Å². The molecule has 1 aromatic carbocycles. The average Bonchev–Trinajstić information content (AvgIpc) is 2.65. The van der Waals surface area contributed by atoms with E-state index in [2.05, 4.69) is 10.3 Å². The Labute approximate surface area is 94.1 Å². The van der Waals surface area contributed by atoms with Crippen LogP contribution in [-0.2, 0) is 0 Å². The molecule has 0 unspecified atom stereocenters. The molecule has 0 bridgehead atoms. The molecule has 0 saturated carbocycles. The van der Waals surface area contributed by atoms with E-state index in [-0.39, 0.29) is 0 Å². The number of rotatable bonds is 3. The monoisotopic (exact) mass is 210 g/mol. The summed E-state index contributed by atoms with van der Waals surface area (Å²) in [5.74, 6) is -0.0457. The van der Waals surface area contributed by atoms with Crippen LogP contribution in [0.4, 0.5) is 4.79 Å². The van der Waals surface area contributed by atoms with E-state index < -0.39 is 5.87 Å². The molecule has 16 heavy (non-hydrogen) atoms. The molecule has 75 valence electrons. The van der Waals surface area contributed by atoms with Gasteiger partial charge in [-0.25, -0.2) is 0 Å². The highest BCUT2D eigenvalue weighted by molar-refractivity contribution is 6.82. The number of para-hydroxylation sites is 1. The van der Waals surface area contributed by atoms with Crippen LogP contribution in [0.25, 0.3) is 0 Å². The van der Waals surface area contributed by atoms with Crippen LogP contribution in [0.3, 0.4) is 0 Å². The first-order valence-electron chi connectivity index (χ1n) is 4.53. The number of carbonyl (C=O) groups is 1. The van der Waals surface area contributed by atoms with Crippen molar-refractivity contribution in [1.82, 2.24) is 14.9 Å². The Kier molecular flexibility index (Phi) is 3.05. The van der Waals surface area contributed by atoms with Crippen LogP contribution in [0.2, 0.25) is 0 Å². The predicted molar refractivity (Wildman–Crippen MR) is 59.0 cm³/mol. The van der Waals surface area contributed by atoms with E-state index in [1.165, 1.54) is 13.5 Å². The van der Waals surface area contributed by atoms with E-state index in [1.807, 2.05) is 6.07 Å². The lowest BCUT2D eigenvalue weighted by Gasteiger charge is -2.01. The summed E-state index contributed by atoms with van der Waals surface area (Å²) in [5.41, 5.74) is 0.350. The number of hydrogen-bond acceptors (Lipinski definition) is 4. The van der Waals surface area contributed by atoms with E-state index in [1.54, 1.807) is 24.3 Å². The van der Waals surface area contributed by atoms with E-state index in [0.29, 0.717) is 11.3 Å². The Morgan fingerprint density at radius 1 is 1.38 bits per heavy atom. The zero-order valence-corrected chi connectivity index (χ0v) is 8.28. The maximum atomic E-state index is 11.4. The summed E-state index contributed by atoms with van der Waals surface area (Å²) in [7, 11) is 6.49. The van der Waals surface area contributed by atoms with Gasteiger partial charge in [0, 0.05) is 6.20 Å². The lowest BCUT2D eigenvalue weighted by Crippen LogP contribution is -2.27. The van der Waals surface area contributed by atoms with Crippen molar-refractivity contribution in [1.29, 1.82) is 0 Å². The Hall–Kier alpha value is -2.04. The largest absolute Gasteiger partial charge is 0.435 e. The van der Waals surface area contributed by atoms with Crippen molar-refractivity contribution < 1.29 is 9.53 Å². The van der Waals surface area contributed by atoms with Crippen LogP contribution in [0.5, 0.6) is 5.75 Å². The van der Waals surface area contributed by atoms with E-state index in [4.69, 9.17) is 12.7 Å². The molecule has 0 aliphatic carbocycles. The molecule has 0 amide bonds.